The van der Waals surface area contributed by atoms with Crippen molar-refractivity contribution >= 4 is 81.7 Å². The molecule has 0 unspecified atom stereocenters. The van der Waals surface area contributed by atoms with E-state index in [0.29, 0.717) is 0 Å². The third kappa shape index (κ3) is 3.57. The molecule has 1 aliphatic rings. The van der Waals surface area contributed by atoms with Crippen LogP contribution in [0.3, 0.4) is 0 Å². The molecule has 0 radical (unpaired) electrons. The third-order valence-electron chi connectivity index (χ3n) is 12.6. The molecule has 55 heavy (non-hydrogen) atoms. The molecule has 4 aromatic heterocycles. The largest absolute Gasteiger partial charge is 0.308 e. The Labute approximate surface area is 315 Å². The van der Waals surface area contributed by atoms with Gasteiger partial charge in [-0.3, -0.25) is 4.57 Å². The minimum absolute atomic E-state index is 0.284. The van der Waals surface area contributed by atoms with Crippen LogP contribution in [-0.4, -0.2) is 18.9 Å². The predicted octanol–water partition coefficient (Wildman–Crippen LogP) is 13.0. The molecule has 1 aliphatic carbocycles. The van der Waals surface area contributed by atoms with Crippen LogP contribution in [0.25, 0.3) is 110 Å². The lowest BCUT2D eigenvalue weighted by molar-refractivity contribution is 0.664. The number of aromatic nitrogens is 4. The van der Waals surface area contributed by atoms with E-state index in [2.05, 4.69) is 181 Å². The number of nitrogens with zero attached hydrogens (tertiary/aromatic N) is 4. The number of rotatable bonds is 2. The van der Waals surface area contributed by atoms with E-state index in [1.54, 1.807) is 0 Å². The molecule has 0 atom stereocenters. The summed E-state index contributed by atoms with van der Waals surface area (Å²) in [5.41, 5.74) is 14.7. The summed E-state index contributed by atoms with van der Waals surface area (Å²) in [4.78, 5) is 11.3. The maximum atomic E-state index is 5.76. The summed E-state index contributed by atoms with van der Waals surface area (Å²) < 4.78 is 5.04. The zero-order valence-electron chi connectivity index (χ0n) is 30.3. The summed E-state index contributed by atoms with van der Waals surface area (Å²) in [5, 5.41) is 9.78. The van der Waals surface area contributed by atoms with Gasteiger partial charge in [-0.2, -0.15) is 0 Å². The highest BCUT2D eigenvalue weighted by Gasteiger charge is 2.40. The number of hydrogen-bond donors (Lipinski definition) is 0. The fraction of sp³-hybridized carbons (Fsp3) is 0.0588. The van der Waals surface area contributed by atoms with Crippen molar-refractivity contribution in [3.63, 3.8) is 0 Å². The molecule has 0 saturated heterocycles. The minimum Gasteiger partial charge on any atom is -0.308 e. The average molecular weight is 701 g/mol. The lowest BCUT2D eigenvalue weighted by Crippen LogP contribution is -2.17. The fourth-order valence-corrected chi connectivity index (χ4v) is 10.3. The Bertz CT molecular complexity index is 3620. The molecular formula is C51H32N4. The van der Waals surface area contributed by atoms with Gasteiger partial charge in [0.1, 0.15) is 5.69 Å². The zero-order chi connectivity index (χ0) is 36.2. The Morgan fingerprint density at radius 2 is 1.18 bits per heavy atom. The molecular weight excluding hydrogens is 669 g/mol. The Morgan fingerprint density at radius 1 is 0.491 bits per heavy atom. The molecule has 0 bridgehead atoms. The van der Waals surface area contributed by atoms with Crippen molar-refractivity contribution in [3.05, 3.63) is 169 Å². The molecule has 0 spiro atoms. The van der Waals surface area contributed by atoms with Gasteiger partial charge in [-0.15, -0.1) is 0 Å². The van der Waals surface area contributed by atoms with Crippen LogP contribution in [0.1, 0.15) is 25.0 Å². The highest BCUT2D eigenvalue weighted by Crippen LogP contribution is 2.56. The van der Waals surface area contributed by atoms with Gasteiger partial charge in [0.05, 0.1) is 38.6 Å². The van der Waals surface area contributed by atoms with Gasteiger partial charge in [0, 0.05) is 43.3 Å². The van der Waals surface area contributed by atoms with Crippen molar-refractivity contribution in [1.29, 1.82) is 0 Å². The van der Waals surface area contributed by atoms with Crippen molar-refractivity contribution in [2.75, 3.05) is 0 Å². The number of para-hydroxylation sites is 2. The standard InChI is InChI=1S/C51H32N4/c1-51(2)38-23-10-8-18-32(38)37-28-42-44-43-34(36-22-12-21-35-33-19-9-11-24-40(33)54(42)48(35)36)20-13-25-41(43)55(49(44)45(37)51)50-46(30-15-4-3-5-16-30)52-39-27-26-29-14-6-7-17-31(29)47(39)53-50/h3-28H,1-2H3. The average Bonchev–Trinajstić information content (AvgIpc) is 3.80. The van der Waals surface area contributed by atoms with Crippen LogP contribution in [0.2, 0.25) is 0 Å². The molecule has 8 aromatic carbocycles. The zero-order valence-corrected chi connectivity index (χ0v) is 30.3. The van der Waals surface area contributed by atoms with Crippen molar-refractivity contribution < 1.29 is 0 Å². The summed E-state index contributed by atoms with van der Waals surface area (Å²) in [6.45, 7) is 4.80. The van der Waals surface area contributed by atoms with Crippen molar-refractivity contribution in [1.82, 2.24) is 18.9 Å². The summed E-state index contributed by atoms with van der Waals surface area (Å²) in [5.74, 6) is 0.842. The van der Waals surface area contributed by atoms with Gasteiger partial charge in [0.25, 0.3) is 0 Å². The maximum absolute atomic E-state index is 5.76. The number of benzene rings is 8. The summed E-state index contributed by atoms with van der Waals surface area (Å²) in [6.07, 6.45) is 0. The minimum atomic E-state index is -0.284. The molecule has 0 N–H and O–H groups in total. The second-order valence-corrected chi connectivity index (χ2v) is 15.7. The van der Waals surface area contributed by atoms with E-state index >= 15 is 0 Å². The van der Waals surface area contributed by atoms with Gasteiger partial charge in [-0.25, -0.2) is 9.97 Å². The van der Waals surface area contributed by atoms with E-state index in [0.717, 1.165) is 44.4 Å². The van der Waals surface area contributed by atoms with Crippen molar-refractivity contribution in [2.45, 2.75) is 19.3 Å². The van der Waals surface area contributed by atoms with Crippen LogP contribution in [0.15, 0.2) is 158 Å². The van der Waals surface area contributed by atoms with Gasteiger partial charge in [0.15, 0.2) is 5.82 Å². The first-order valence-electron chi connectivity index (χ1n) is 19.1. The fourth-order valence-electron chi connectivity index (χ4n) is 10.3. The molecule has 0 amide bonds. The SMILES string of the molecule is CC1(C)c2ccccc2-c2cc3c4c5c(cccc5n(-c5nc6c(ccc7ccccc76)nc5-c5ccccc5)c4c21)c1cccc2c4ccccc4n3c12. The van der Waals surface area contributed by atoms with E-state index in [9.17, 15) is 0 Å². The molecule has 0 fully saturated rings. The van der Waals surface area contributed by atoms with Crippen LogP contribution in [0.5, 0.6) is 0 Å². The van der Waals surface area contributed by atoms with Crippen LogP contribution in [0, 0.1) is 0 Å². The smallest absolute Gasteiger partial charge is 0.165 e. The topological polar surface area (TPSA) is 35.1 Å². The molecule has 0 saturated carbocycles. The van der Waals surface area contributed by atoms with E-state index in [4.69, 9.17) is 9.97 Å². The molecule has 256 valence electrons. The lowest BCUT2D eigenvalue weighted by atomic mass is 9.81. The Kier molecular flexibility index (Phi) is 5.42. The molecule has 4 heteroatoms. The second kappa shape index (κ2) is 10.1. The van der Waals surface area contributed by atoms with Gasteiger partial charge in [-0.1, -0.05) is 147 Å². The quantitative estimate of drug-likeness (QED) is 0.168. The predicted molar refractivity (Wildman–Crippen MR) is 229 cm³/mol. The Balaban J connectivity index is 1.35. The summed E-state index contributed by atoms with van der Waals surface area (Å²) in [6, 6.07) is 57.5. The molecule has 12 aromatic rings. The van der Waals surface area contributed by atoms with Gasteiger partial charge in [-0.05, 0) is 57.3 Å². The van der Waals surface area contributed by atoms with Crippen molar-refractivity contribution in [2.24, 2.45) is 0 Å². The van der Waals surface area contributed by atoms with Gasteiger partial charge < -0.3 is 4.40 Å². The normalized spacial score (nSPS) is 13.8. The highest BCUT2D eigenvalue weighted by molar-refractivity contribution is 6.32. The first-order chi connectivity index (χ1) is 27.1. The van der Waals surface area contributed by atoms with Crippen LogP contribution in [0.4, 0.5) is 0 Å². The maximum Gasteiger partial charge on any atom is 0.165 e. The van der Waals surface area contributed by atoms with E-state index in [-0.39, 0.29) is 5.41 Å². The molecule has 4 heterocycles. The van der Waals surface area contributed by atoms with Crippen LogP contribution >= 0.6 is 0 Å². The Morgan fingerprint density at radius 3 is 2.07 bits per heavy atom. The van der Waals surface area contributed by atoms with Crippen molar-refractivity contribution in [3.8, 4) is 28.2 Å². The van der Waals surface area contributed by atoms with Gasteiger partial charge >= 0.3 is 0 Å². The van der Waals surface area contributed by atoms with E-state index in [1.165, 1.54) is 76.6 Å². The van der Waals surface area contributed by atoms with Gasteiger partial charge in [0.2, 0.25) is 0 Å². The summed E-state index contributed by atoms with van der Waals surface area (Å²) in [7, 11) is 0. The number of hydrogen-bond acceptors (Lipinski definition) is 2. The first kappa shape index (κ1) is 29.4. The van der Waals surface area contributed by atoms with Crippen LogP contribution < -0.4 is 0 Å². The first-order valence-corrected chi connectivity index (χ1v) is 19.1. The molecule has 4 nitrogen and oxygen atoms in total. The third-order valence-corrected chi connectivity index (χ3v) is 12.6. The van der Waals surface area contributed by atoms with E-state index in [1.807, 2.05) is 0 Å². The van der Waals surface area contributed by atoms with E-state index < -0.39 is 0 Å². The Hall–Kier alpha value is -7.04. The van der Waals surface area contributed by atoms with Crippen LogP contribution in [-0.2, 0) is 5.41 Å². The monoisotopic (exact) mass is 700 g/mol. The summed E-state index contributed by atoms with van der Waals surface area (Å²) >= 11 is 0. The lowest BCUT2D eigenvalue weighted by Gasteiger charge is -2.24. The number of fused-ring (bicyclic) bond motifs is 12. The highest BCUT2D eigenvalue weighted by atomic mass is 15.1. The molecule has 0 aliphatic heterocycles. The molecule has 13 rings (SSSR count). The second-order valence-electron chi connectivity index (χ2n) is 15.7.